The van der Waals surface area contributed by atoms with E-state index in [-0.39, 0.29) is 6.04 Å². The monoisotopic (exact) mass is 217 g/mol. The molecule has 1 atom stereocenters. The van der Waals surface area contributed by atoms with Crippen molar-refractivity contribution in [3.8, 4) is 12.3 Å². The molecule has 0 bridgehead atoms. The molecule has 1 aromatic rings. The van der Waals surface area contributed by atoms with E-state index in [1.54, 1.807) is 7.11 Å². The van der Waals surface area contributed by atoms with Crippen LogP contribution in [0.15, 0.2) is 24.3 Å². The van der Waals surface area contributed by atoms with Gasteiger partial charge in [0.25, 0.3) is 0 Å². The average molecular weight is 217 g/mol. The molecule has 16 heavy (non-hydrogen) atoms. The highest BCUT2D eigenvalue weighted by Crippen LogP contribution is 2.05. The predicted octanol–water partition coefficient (Wildman–Crippen LogP) is 2.33. The number of ether oxygens (including phenoxy) is 1. The van der Waals surface area contributed by atoms with E-state index in [0.29, 0.717) is 6.61 Å². The summed E-state index contributed by atoms with van der Waals surface area (Å²) in [4.78, 5) is 0. The maximum absolute atomic E-state index is 5.38. The topological polar surface area (TPSA) is 21.3 Å². The summed E-state index contributed by atoms with van der Waals surface area (Å²) in [6, 6.07) is 8.53. The number of terminal acetylenes is 1. The molecule has 0 aliphatic carbocycles. The van der Waals surface area contributed by atoms with Gasteiger partial charge in [0.15, 0.2) is 0 Å². The summed E-state index contributed by atoms with van der Waals surface area (Å²) in [6.07, 6.45) is 6.34. The molecule has 1 N–H and O–H groups in total. The van der Waals surface area contributed by atoms with Gasteiger partial charge >= 0.3 is 0 Å². The van der Waals surface area contributed by atoms with E-state index in [1.165, 1.54) is 11.1 Å². The zero-order valence-corrected chi connectivity index (χ0v) is 9.99. The van der Waals surface area contributed by atoms with Gasteiger partial charge < -0.3 is 4.74 Å². The molecule has 0 amide bonds. The second-order valence-electron chi connectivity index (χ2n) is 3.76. The van der Waals surface area contributed by atoms with Crippen LogP contribution in [0.2, 0.25) is 0 Å². The van der Waals surface area contributed by atoms with Crippen molar-refractivity contribution in [1.82, 2.24) is 5.32 Å². The second kappa shape index (κ2) is 7.05. The molecule has 1 unspecified atom stereocenters. The van der Waals surface area contributed by atoms with Crippen LogP contribution >= 0.6 is 0 Å². The number of hydrogen-bond donors (Lipinski definition) is 1. The van der Waals surface area contributed by atoms with Gasteiger partial charge in [0.05, 0.1) is 12.6 Å². The molecular weight excluding hydrogens is 198 g/mol. The summed E-state index contributed by atoms with van der Waals surface area (Å²) < 4.78 is 5.06. The largest absolute Gasteiger partial charge is 0.380 e. The summed E-state index contributed by atoms with van der Waals surface area (Å²) in [5.74, 6) is 2.72. The van der Waals surface area contributed by atoms with Gasteiger partial charge in [0.1, 0.15) is 0 Å². The Morgan fingerprint density at radius 2 is 1.94 bits per heavy atom. The maximum atomic E-state index is 5.38. The highest BCUT2D eigenvalue weighted by atomic mass is 16.5. The minimum Gasteiger partial charge on any atom is -0.380 e. The molecule has 86 valence electrons. The molecule has 2 heteroatoms. The van der Waals surface area contributed by atoms with Crippen LogP contribution in [-0.2, 0) is 17.9 Å². The quantitative estimate of drug-likeness (QED) is 0.738. The number of methoxy groups -OCH3 is 1. The van der Waals surface area contributed by atoms with Crippen LogP contribution in [0.5, 0.6) is 0 Å². The first-order valence-electron chi connectivity index (χ1n) is 5.56. The molecule has 0 aliphatic rings. The zero-order valence-electron chi connectivity index (χ0n) is 9.99. The molecule has 0 saturated heterocycles. The molecule has 0 fully saturated rings. The van der Waals surface area contributed by atoms with Gasteiger partial charge in [-0.3, -0.25) is 5.32 Å². The zero-order chi connectivity index (χ0) is 11.8. The van der Waals surface area contributed by atoms with Gasteiger partial charge in [-0.25, -0.2) is 0 Å². The van der Waals surface area contributed by atoms with E-state index in [9.17, 15) is 0 Å². The van der Waals surface area contributed by atoms with E-state index >= 15 is 0 Å². The van der Waals surface area contributed by atoms with Gasteiger partial charge in [-0.05, 0) is 17.5 Å². The minimum absolute atomic E-state index is 0.165. The summed E-state index contributed by atoms with van der Waals surface area (Å²) in [5, 5.41) is 3.32. The second-order valence-corrected chi connectivity index (χ2v) is 3.76. The van der Waals surface area contributed by atoms with E-state index in [1.807, 2.05) is 0 Å². The van der Waals surface area contributed by atoms with Crippen molar-refractivity contribution >= 4 is 0 Å². The van der Waals surface area contributed by atoms with Crippen LogP contribution in [0.1, 0.15) is 24.5 Å². The molecule has 0 aliphatic heterocycles. The van der Waals surface area contributed by atoms with Crippen molar-refractivity contribution in [2.45, 2.75) is 32.5 Å². The van der Waals surface area contributed by atoms with Crippen molar-refractivity contribution in [2.75, 3.05) is 7.11 Å². The molecule has 0 radical (unpaired) electrons. The Balaban J connectivity index is 2.46. The molecule has 0 heterocycles. The molecule has 0 spiro atoms. The first-order valence-corrected chi connectivity index (χ1v) is 5.56. The third-order valence-electron chi connectivity index (χ3n) is 2.50. The lowest BCUT2D eigenvalue weighted by molar-refractivity contribution is 0.185. The van der Waals surface area contributed by atoms with Gasteiger partial charge in [0.2, 0.25) is 0 Å². The number of nitrogens with one attached hydrogen (secondary N) is 1. The molecular formula is C14H19NO. The SMILES string of the molecule is C#CC(CC)NCc1ccc(COC)cc1. The third-order valence-corrected chi connectivity index (χ3v) is 2.50. The lowest BCUT2D eigenvalue weighted by Crippen LogP contribution is -2.26. The lowest BCUT2D eigenvalue weighted by Gasteiger charge is -2.10. The van der Waals surface area contributed by atoms with Crippen LogP contribution in [0.4, 0.5) is 0 Å². The van der Waals surface area contributed by atoms with Crippen molar-refractivity contribution in [2.24, 2.45) is 0 Å². The number of benzene rings is 1. The molecule has 0 saturated carbocycles. The van der Waals surface area contributed by atoms with Gasteiger partial charge in [0, 0.05) is 13.7 Å². The van der Waals surface area contributed by atoms with Gasteiger partial charge in [-0.1, -0.05) is 37.1 Å². The van der Waals surface area contributed by atoms with Gasteiger partial charge in [-0.15, -0.1) is 6.42 Å². The lowest BCUT2D eigenvalue weighted by atomic mass is 10.1. The Morgan fingerprint density at radius 3 is 2.44 bits per heavy atom. The first-order chi connectivity index (χ1) is 7.80. The predicted molar refractivity (Wildman–Crippen MR) is 66.9 cm³/mol. The fourth-order valence-corrected chi connectivity index (χ4v) is 1.48. The Morgan fingerprint density at radius 1 is 1.31 bits per heavy atom. The summed E-state index contributed by atoms with van der Waals surface area (Å²) >= 11 is 0. The van der Waals surface area contributed by atoms with Crippen molar-refractivity contribution in [1.29, 1.82) is 0 Å². The Hall–Kier alpha value is -1.30. The van der Waals surface area contributed by atoms with E-state index < -0.39 is 0 Å². The van der Waals surface area contributed by atoms with E-state index in [2.05, 4.69) is 42.4 Å². The fourth-order valence-electron chi connectivity index (χ4n) is 1.48. The maximum Gasteiger partial charge on any atom is 0.0713 e. The van der Waals surface area contributed by atoms with Gasteiger partial charge in [-0.2, -0.15) is 0 Å². The normalized spacial score (nSPS) is 12.1. The summed E-state index contributed by atoms with van der Waals surface area (Å²) in [7, 11) is 1.70. The van der Waals surface area contributed by atoms with Crippen LogP contribution in [-0.4, -0.2) is 13.2 Å². The smallest absolute Gasteiger partial charge is 0.0713 e. The summed E-state index contributed by atoms with van der Waals surface area (Å²) in [5.41, 5.74) is 2.43. The van der Waals surface area contributed by atoms with Crippen molar-refractivity contribution in [3.05, 3.63) is 35.4 Å². The molecule has 2 nitrogen and oxygen atoms in total. The highest BCUT2D eigenvalue weighted by molar-refractivity contribution is 5.22. The van der Waals surface area contributed by atoms with Crippen molar-refractivity contribution < 1.29 is 4.74 Å². The average Bonchev–Trinajstić information content (AvgIpc) is 2.33. The van der Waals surface area contributed by atoms with E-state index in [4.69, 9.17) is 11.2 Å². The van der Waals surface area contributed by atoms with Crippen LogP contribution in [0.3, 0.4) is 0 Å². The van der Waals surface area contributed by atoms with E-state index in [0.717, 1.165) is 13.0 Å². The van der Waals surface area contributed by atoms with Crippen LogP contribution in [0.25, 0.3) is 0 Å². The highest BCUT2D eigenvalue weighted by Gasteiger charge is 2.00. The van der Waals surface area contributed by atoms with Crippen molar-refractivity contribution in [3.63, 3.8) is 0 Å². The Kier molecular flexibility index (Phi) is 5.63. The number of rotatable bonds is 6. The minimum atomic E-state index is 0.165. The first kappa shape index (κ1) is 12.8. The number of hydrogen-bond acceptors (Lipinski definition) is 2. The Labute approximate surface area is 98.0 Å². The molecule has 0 aromatic heterocycles. The molecule has 1 aromatic carbocycles. The van der Waals surface area contributed by atoms with Crippen LogP contribution < -0.4 is 5.32 Å². The fraction of sp³-hybridized carbons (Fsp3) is 0.429. The summed E-state index contributed by atoms with van der Waals surface area (Å²) in [6.45, 7) is 3.56. The van der Waals surface area contributed by atoms with Crippen LogP contribution in [0, 0.1) is 12.3 Å². The standard InChI is InChI=1S/C14H19NO/c1-4-14(5-2)15-10-12-6-8-13(9-7-12)11-16-3/h1,6-9,14-15H,5,10-11H2,2-3H3. The Bertz CT molecular complexity index is 337. The molecule has 1 rings (SSSR count). The third kappa shape index (κ3) is 4.06.